The van der Waals surface area contributed by atoms with Gasteiger partial charge in [-0.1, -0.05) is 18.2 Å². The second-order valence-corrected chi connectivity index (χ2v) is 7.43. The number of phenols is 1. The number of rotatable bonds is 5. The Bertz CT molecular complexity index is 786. The fraction of sp³-hybridized carbons (Fsp3) is 0.455. The molecule has 2 aliphatic rings. The molecule has 1 spiro atoms. The van der Waals surface area contributed by atoms with Crippen molar-refractivity contribution in [2.75, 3.05) is 33.4 Å². The van der Waals surface area contributed by atoms with E-state index in [1.165, 1.54) is 0 Å². The molecule has 2 aromatic rings. The second-order valence-electron chi connectivity index (χ2n) is 7.43. The normalized spacial score (nSPS) is 20.7. The zero-order valence-electron chi connectivity index (χ0n) is 15.7. The van der Waals surface area contributed by atoms with Gasteiger partial charge in [0.05, 0.1) is 6.61 Å². The van der Waals surface area contributed by atoms with Crippen molar-refractivity contribution in [1.29, 1.82) is 0 Å². The van der Waals surface area contributed by atoms with Gasteiger partial charge >= 0.3 is 0 Å². The van der Waals surface area contributed by atoms with Gasteiger partial charge in [0.2, 0.25) is 0 Å². The molecular formula is C22H27NO4. The number of hydrogen-bond acceptors (Lipinski definition) is 5. The highest BCUT2D eigenvalue weighted by atomic mass is 16.5. The Kier molecular flexibility index (Phi) is 5.23. The summed E-state index contributed by atoms with van der Waals surface area (Å²) in [6, 6.07) is 13.7. The van der Waals surface area contributed by atoms with Crippen molar-refractivity contribution >= 4 is 0 Å². The highest BCUT2D eigenvalue weighted by Gasteiger charge is 2.42. The smallest absolute Gasteiger partial charge is 0.127 e. The summed E-state index contributed by atoms with van der Waals surface area (Å²) in [4.78, 5) is 0. The molecule has 144 valence electrons. The van der Waals surface area contributed by atoms with Gasteiger partial charge in [-0.05, 0) is 56.1 Å². The molecule has 0 radical (unpaired) electrons. The van der Waals surface area contributed by atoms with Crippen molar-refractivity contribution < 1.29 is 19.3 Å². The summed E-state index contributed by atoms with van der Waals surface area (Å²) in [6.45, 7) is 3.00. The van der Waals surface area contributed by atoms with Crippen LogP contribution in [0.3, 0.4) is 0 Å². The number of aromatic hydroxyl groups is 1. The number of nitrogens with one attached hydrogen (secondary N) is 1. The van der Waals surface area contributed by atoms with Crippen LogP contribution in [-0.2, 0) is 4.74 Å². The largest absolute Gasteiger partial charge is 0.508 e. The van der Waals surface area contributed by atoms with Crippen molar-refractivity contribution in [3.05, 3.63) is 53.6 Å². The second kappa shape index (κ2) is 7.79. The average Bonchev–Trinajstić information content (AvgIpc) is 2.68. The molecule has 2 N–H and O–H groups in total. The van der Waals surface area contributed by atoms with E-state index in [0.29, 0.717) is 19.0 Å². The first-order chi connectivity index (χ1) is 13.2. The lowest BCUT2D eigenvalue weighted by Crippen LogP contribution is -2.49. The fourth-order valence-electron chi connectivity index (χ4n) is 4.21. The Morgan fingerprint density at radius 2 is 2.00 bits per heavy atom. The molecule has 2 heterocycles. The van der Waals surface area contributed by atoms with Crippen LogP contribution in [0.5, 0.6) is 17.2 Å². The third-order valence-corrected chi connectivity index (χ3v) is 5.61. The van der Waals surface area contributed by atoms with E-state index in [-0.39, 0.29) is 11.5 Å². The first-order valence-electron chi connectivity index (χ1n) is 9.63. The van der Waals surface area contributed by atoms with E-state index in [1.807, 2.05) is 24.3 Å². The number of phenolic OH excluding ortho intramolecular Hbond substituents is 1. The molecule has 0 amide bonds. The number of piperidine rings is 1. The van der Waals surface area contributed by atoms with Gasteiger partial charge in [-0.2, -0.15) is 0 Å². The summed E-state index contributed by atoms with van der Waals surface area (Å²) in [5.41, 5.74) is 2.12. The molecule has 1 saturated heterocycles. The van der Waals surface area contributed by atoms with Crippen molar-refractivity contribution in [3.63, 3.8) is 0 Å². The molecular weight excluding hydrogens is 342 g/mol. The molecule has 1 atom stereocenters. The first kappa shape index (κ1) is 18.1. The number of methoxy groups -OCH3 is 1. The lowest BCUT2D eigenvalue weighted by atomic mass is 9.75. The topological polar surface area (TPSA) is 60.0 Å². The van der Waals surface area contributed by atoms with Crippen LogP contribution in [0.25, 0.3) is 0 Å². The minimum Gasteiger partial charge on any atom is -0.508 e. The van der Waals surface area contributed by atoms with Crippen molar-refractivity contribution in [2.24, 2.45) is 0 Å². The van der Waals surface area contributed by atoms with Crippen LogP contribution < -0.4 is 14.8 Å². The predicted molar refractivity (Wildman–Crippen MR) is 104 cm³/mol. The van der Waals surface area contributed by atoms with Gasteiger partial charge < -0.3 is 24.6 Å². The van der Waals surface area contributed by atoms with Gasteiger partial charge in [0.1, 0.15) is 29.5 Å². The SMILES string of the molecule is COCCOc1ccc2c(c1)OC1(CCNCC1)CC2c1cccc(O)c1. The highest BCUT2D eigenvalue weighted by Crippen LogP contribution is 2.48. The van der Waals surface area contributed by atoms with E-state index < -0.39 is 0 Å². The average molecular weight is 369 g/mol. The summed E-state index contributed by atoms with van der Waals surface area (Å²) >= 11 is 0. The standard InChI is InChI=1S/C22H27NO4/c1-25-11-12-26-18-5-6-19-20(16-3-2-4-17(24)13-16)15-22(27-21(19)14-18)7-9-23-10-8-22/h2-6,13-14,20,23-24H,7-12,15H2,1H3. The van der Waals surface area contributed by atoms with E-state index in [4.69, 9.17) is 14.2 Å². The number of benzene rings is 2. The molecule has 2 aromatic carbocycles. The van der Waals surface area contributed by atoms with E-state index in [0.717, 1.165) is 55.0 Å². The first-order valence-corrected chi connectivity index (χ1v) is 9.63. The van der Waals surface area contributed by atoms with E-state index in [1.54, 1.807) is 13.2 Å². The molecule has 0 aromatic heterocycles. The number of fused-ring (bicyclic) bond motifs is 1. The molecule has 2 aliphatic heterocycles. The van der Waals surface area contributed by atoms with Crippen molar-refractivity contribution in [3.8, 4) is 17.2 Å². The van der Waals surface area contributed by atoms with Gasteiger partial charge in [0.15, 0.2) is 0 Å². The molecule has 27 heavy (non-hydrogen) atoms. The third-order valence-electron chi connectivity index (χ3n) is 5.61. The maximum Gasteiger partial charge on any atom is 0.127 e. The lowest BCUT2D eigenvalue weighted by molar-refractivity contribution is 0.0111. The summed E-state index contributed by atoms with van der Waals surface area (Å²) in [5.74, 6) is 2.20. The molecule has 1 unspecified atom stereocenters. The van der Waals surface area contributed by atoms with Crippen LogP contribution in [0.1, 0.15) is 36.3 Å². The van der Waals surface area contributed by atoms with Crippen molar-refractivity contribution in [2.45, 2.75) is 30.8 Å². The summed E-state index contributed by atoms with van der Waals surface area (Å²) in [7, 11) is 1.67. The molecule has 0 bridgehead atoms. The molecule has 5 heteroatoms. The van der Waals surface area contributed by atoms with Gasteiger partial charge in [-0.3, -0.25) is 0 Å². The zero-order chi connectivity index (χ0) is 18.7. The minimum absolute atomic E-state index is 0.167. The van der Waals surface area contributed by atoms with Crippen LogP contribution in [0.15, 0.2) is 42.5 Å². The molecule has 5 nitrogen and oxygen atoms in total. The minimum atomic E-state index is -0.167. The van der Waals surface area contributed by atoms with Crippen molar-refractivity contribution in [1.82, 2.24) is 5.32 Å². The zero-order valence-corrected chi connectivity index (χ0v) is 15.7. The van der Waals surface area contributed by atoms with Crippen LogP contribution in [0.4, 0.5) is 0 Å². The lowest BCUT2D eigenvalue weighted by Gasteiger charge is -2.45. The maximum absolute atomic E-state index is 9.99. The quantitative estimate of drug-likeness (QED) is 0.791. The van der Waals surface area contributed by atoms with Gasteiger partial charge in [-0.25, -0.2) is 0 Å². The van der Waals surface area contributed by atoms with E-state index >= 15 is 0 Å². The number of ether oxygens (including phenoxy) is 3. The Hall–Kier alpha value is -2.24. The molecule has 1 fully saturated rings. The molecule has 0 saturated carbocycles. The van der Waals surface area contributed by atoms with Gasteiger partial charge in [0.25, 0.3) is 0 Å². The van der Waals surface area contributed by atoms with Crippen LogP contribution in [0.2, 0.25) is 0 Å². The van der Waals surface area contributed by atoms with Crippen LogP contribution >= 0.6 is 0 Å². The Balaban J connectivity index is 1.69. The maximum atomic E-state index is 9.99. The Morgan fingerprint density at radius 3 is 2.78 bits per heavy atom. The summed E-state index contributed by atoms with van der Waals surface area (Å²) in [5, 5.41) is 13.4. The van der Waals surface area contributed by atoms with E-state index in [9.17, 15) is 5.11 Å². The molecule has 4 rings (SSSR count). The van der Waals surface area contributed by atoms with E-state index in [2.05, 4.69) is 17.4 Å². The Morgan fingerprint density at radius 1 is 1.15 bits per heavy atom. The third kappa shape index (κ3) is 3.89. The monoisotopic (exact) mass is 369 g/mol. The molecule has 0 aliphatic carbocycles. The van der Waals surface area contributed by atoms with Crippen LogP contribution in [-0.4, -0.2) is 44.1 Å². The number of hydrogen-bond donors (Lipinski definition) is 2. The Labute approximate surface area is 160 Å². The van der Waals surface area contributed by atoms with Gasteiger partial charge in [-0.15, -0.1) is 0 Å². The summed E-state index contributed by atoms with van der Waals surface area (Å²) < 4.78 is 17.4. The van der Waals surface area contributed by atoms with Gasteiger partial charge in [0, 0.05) is 24.7 Å². The van der Waals surface area contributed by atoms with Crippen LogP contribution in [0, 0.1) is 0 Å². The highest BCUT2D eigenvalue weighted by molar-refractivity contribution is 5.49. The fourth-order valence-corrected chi connectivity index (χ4v) is 4.21. The predicted octanol–water partition coefficient (Wildman–Crippen LogP) is 3.45. The summed E-state index contributed by atoms with van der Waals surface area (Å²) in [6.07, 6.45) is 2.89.